The molecule has 142 valence electrons. The van der Waals surface area contributed by atoms with E-state index in [1.165, 1.54) is 12.1 Å². The molecule has 3 N–H and O–H groups in total. The van der Waals surface area contributed by atoms with Crippen molar-refractivity contribution in [2.24, 2.45) is 11.7 Å². The molecule has 1 aromatic carbocycles. The van der Waals surface area contributed by atoms with Gasteiger partial charge in [0.05, 0.1) is 12.6 Å². The summed E-state index contributed by atoms with van der Waals surface area (Å²) in [5.41, 5.74) is 6.92. The summed E-state index contributed by atoms with van der Waals surface area (Å²) >= 11 is 0. The van der Waals surface area contributed by atoms with Crippen LogP contribution in [-0.2, 0) is 9.59 Å². The molecule has 0 spiro atoms. The van der Waals surface area contributed by atoms with Crippen LogP contribution < -0.4 is 11.1 Å². The molecule has 1 aromatic heterocycles. The summed E-state index contributed by atoms with van der Waals surface area (Å²) in [6.07, 6.45) is 4.68. The minimum atomic E-state index is -0.371. The zero-order chi connectivity index (χ0) is 19.2. The maximum absolute atomic E-state index is 13.3. The Labute approximate surface area is 157 Å². The summed E-state index contributed by atoms with van der Waals surface area (Å²) in [5, 5.41) is 3.10. The number of aromatic nitrogens is 1. The van der Waals surface area contributed by atoms with Gasteiger partial charge in [0.1, 0.15) is 5.82 Å². The molecule has 0 aliphatic carbocycles. The van der Waals surface area contributed by atoms with Crippen molar-refractivity contribution in [3.05, 3.63) is 65.7 Å². The Kier molecular flexibility index (Phi) is 6.13. The van der Waals surface area contributed by atoms with Gasteiger partial charge in [0.15, 0.2) is 0 Å². The van der Waals surface area contributed by atoms with Gasteiger partial charge < -0.3 is 11.1 Å². The lowest BCUT2D eigenvalue weighted by Gasteiger charge is -2.31. The first-order valence-corrected chi connectivity index (χ1v) is 8.99. The maximum Gasteiger partial charge on any atom is 0.231 e. The maximum atomic E-state index is 13.3. The van der Waals surface area contributed by atoms with Crippen LogP contribution in [0.25, 0.3) is 0 Å². The number of hydrogen-bond donors (Lipinski definition) is 2. The van der Waals surface area contributed by atoms with E-state index in [1.807, 2.05) is 17.0 Å². The summed E-state index contributed by atoms with van der Waals surface area (Å²) in [6.45, 7) is 1.55. The van der Waals surface area contributed by atoms with E-state index in [1.54, 1.807) is 24.5 Å². The molecule has 0 radical (unpaired) electrons. The Balaban J connectivity index is 1.70. The molecule has 1 unspecified atom stereocenters. The monoisotopic (exact) mass is 370 g/mol. The van der Waals surface area contributed by atoms with Crippen molar-refractivity contribution in [2.75, 3.05) is 19.6 Å². The van der Waals surface area contributed by atoms with Crippen molar-refractivity contribution >= 4 is 11.8 Å². The standard InChI is InChI=1S/C20H23FN4O2/c21-17-3-1-14(2-4-17)19(15-5-9-23-10-6-15)24-20(27)16-7-11-25(12-8-16)13-18(22)26/h1-6,9-10,16,19H,7-8,11-13H2,(H2,22,26)(H,24,27). The number of rotatable bonds is 6. The van der Waals surface area contributed by atoms with E-state index in [0.717, 1.165) is 11.1 Å². The summed E-state index contributed by atoms with van der Waals surface area (Å²) in [4.78, 5) is 29.9. The van der Waals surface area contributed by atoms with Crippen molar-refractivity contribution in [2.45, 2.75) is 18.9 Å². The largest absolute Gasteiger partial charge is 0.369 e. The minimum Gasteiger partial charge on any atom is -0.369 e. The van der Waals surface area contributed by atoms with Crippen molar-refractivity contribution in [3.63, 3.8) is 0 Å². The van der Waals surface area contributed by atoms with Crippen molar-refractivity contribution in [1.82, 2.24) is 15.2 Å². The molecule has 1 saturated heterocycles. The Bertz CT molecular complexity index is 774. The number of primary amides is 1. The van der Waals surface area contributed by atoms with Crippen LogP contribution in [0, 0.1) is 11.7 Å². The lowest BCUT2D eigenvalue weighted by Crippen LogP contribution is -2.44. The van der Waals surface area contributed by atoms with E-state index < -0.39 is 0 Å². The Morgan fingerprint density at radius 3 is 2.30 bits per heavy atom. The highest BCUT2D eigenvalue weighted by atomic mass is 19.1. The van der Waals surface area contributed by atoms with E-state index in [2.05, 4.69) is 10.3 Å². The van der Waals surface area contributed by atoms with Gasteiger partial charge in [-0.05, 0) is 61.3 Å². The topological polar surface area (TPSA) is 88.3 Å². The molecule has 1 aliphatic heterocycles. The number of nitrogens with zero attached hydrogens (tertiary/aromatic N) is 2. The SMILES string of the molecule is NC(=O)CN1CCC(C(=O)NC(c2ccncc2)c2ccc(F)cc2)CC1. The first-order valence-electron chi connectivity index (χ1n) is 8.99. The zero-order valence-electron chi connectivity index (χ0n) is 15.0. The summed E-state index contributed by atoms with van der Waals surface area (Å²) in [5.74, 6) is -0.842. The van der Waals surface area contributed by atoms with Crippen molar-refractivity contribution < 1.29 is 14.0 Å². The number of likely N-dealkylation sites (tertiary alicyclic amines) is 1. The number of carbonyl (C=O) groups excluding carboxylic acids is 2. The average molecular weight is 370 g/mol. The predicted molar refractivity (Wildman–Crippen MR) is 99.0 cm³/mol. The second-order valence-corrected chi connectivity index (χ2v) is 6.79. The van der Waals surface area contributed by atoms with Gasteiger partial charge in [-0.15, -0.1) is 0 Å². The molecule has 2 aromatic rings. The number of nitrogens with two attached hydrogens (primary N) is 1. The quantitative estimate of drug-likeness (QED) is 0.809. The molecule has 1 aliphatic rings. The molecule has 2 heterocycles. The first kappa shape index (κ1) is 19.0. The van der Waals surface area contributed by atoms with Gasteiger partial charge in [0.2, 0.25) is 11.8 Å². The van der Waals surface area contributed by atoms with Gasteiger partial charge in [-0.1, -0.05) is 12.1 Å². The summed E-state index contributed by atoms with van der Waals surface area (Å²) in [6, 6.07) is 9.43. The molecule has 27 heavy (non-hydrogen) atoms. The van der Waals surface area contributed by atoms with Crippen LogP contribution in [0.15, 0.2) is 48.8 Å². The molecule has 6 nitrogen and oxygen atoms in total. The van der Waals surface area contributed by atoms with Crippen LogP contribution in [0.5, 0.6) is 0 Å². The fourth-order valence-corrected chi connectivity index (χ4v) is 3.40. The molecular weight excluding hydrogens is 347 g/mol. The third-order valence-corrected chi connectivity index (χ3v) is 4.87. The molecule has 0 saturated carbocycles. The number of pyridine rings is 1. The number of amides is 2. The van der Waals surface area contributed by atoms with Gasteiger partial charge in [-0.3, -0.25) is 19.5 Å². The molecular formula is C20H23FN4O2. The van der Waals surface area contributed by atoms with Gasteiger partial charge in [0.25, 0.3) is 0 Å². The molecule has 1 fully saturated rings. The predicted octanol–water partition coefficient (Wildman–Crippen LogP) is 1.62. The van der Waals surface area contributed by atoms with Crippen LogP contribution in [0.2, 0.25) is 0 Å². The molecule has 0 bridgehead atoms. The van der Waals surface area contributed by atoms with E-state index >= 15 is 0 Å². The average Bonchev–Trinajstić information content (AvgIpc) is 2.67. The summed E-state index contributed by atoms with van der Waals surface area (Å²) in [7, 11) is 0. The molecule has 1 atom stereocenters. The molecule has 3 rings (SSSR count). The Morgan fingerprint density at radius 1 is 1.11 bits per heavy atom. The Morgan fingerprint density at radius 2 is 1.70 bits per heavy atom. The van der Waals surface area contributed by atoms with Gasteiger partial charge >= 0.3 is 0 Å². The highest BCUT2D eigenvalue weighted by molar-refractivity contribution is 5.80. The van der Waals surface area contributed by atoms with Gasteiger partial charge in [-0.2, -0.15) is 0 Å². The van der Waals surface area contributed by atoms with Crippen molar-refractivity contribution in [1.29, 1.82) is 0 Å². The third kappa shape index (κ3) is 5.10. The highest BCUT2D eigenvalue weighted by Crippen LogP contribution is 2.24. The van der Waals surface area contributed by atoms with Gasteiger partial charge in [-0.25, -0.2) is 4.39 Å². The number of carbonyl (C=O) groups is 2. The normalized spacial score (nSPS) is 16.6. The fourth-order valence-electron chi connectivity index (χ4n) is 3.40. The van der Waals surface area contributed by atoms with E-state index in [0.29, 0.717) is 25.9 Å². The highest BCUT2D eigenvalue weighted by Gasteiger charge is 2.27. The van der Waals surface area contributed by atoms with Crippen LogP contribution in [0.3, 0.4) is 0 Å². The van der Waals surface area contributed by atoms with Crippen LogP contribution in [-0.4, -0.2) is 41.3 Å². The Hall–Kier alpha value is -2.80. The van der Waals surface area contributed by atoms with Crippen LogP contribution >= 0.6 is 0 Å². The minimum absolute atomic E-state index is 0.0418. The zero-order valence-corrected chi connectivity index (χ0v) is 15.0. The molecule has 2 amide bonds. The number of nitrogens with one attached hydrogen (secondary N) is 1. The smallest absolute Gasteiger partial charge is 0.231 e. The number of halogens is 1. The lowest BCUT2D eigenvalue weighted by atomic mass is 9.93. The van der Waals surface area contributed by atoms with Crippen LogP contribution in [0.4, 0.5) is 4.39 Å². The fraction of sp³-hybridized carbons (Fsp3) is 0.350. The number of benzene rings is 1. The number of piperidine rings is 1. The van der Waals surface area contributed by atoms with Gasteiger partial charge in [0, 0.05) is 18.3 Å². The van der Waals surface area contributed by atoms with E-state index in [4.69, 9.17) is 5.73 Å². The van der Waals surface area contributed by atoms with E-state index in [-0.39, 0.29) is 36.1 Å². The number of hydrogen-bond acceptors (Lipinski definition) is 4. The third-order valence-electron chi connectivity index (χ3n) is 4.87. The van der Waals surface area contributed by atoms with Crippen LogP contribution in [0.1, 0.15) is 30.0 Å². The molecule has 7 heteroatoms. The lowest BCUT2D eigenvalue weighted by molar-refractivity contribution is -0.127. The second kappa shape index (κ2) is 8.73. The second-order valence-electron chi connectivity index (χ2n) is 6.79. The van der Waals surface area contributed by atoms with E-state index in [9.17, 15) is 14.0 Å². The van der Waals surface area contributed by atoms with Crippen molar-refractivity contribution in [3.8, 4) is 0 Å². The summed E-state index contributed by atoms with van der Waals surface area (Å²) < 4.78 is 13.3. The first-order chi connectivity index (χ1) is 13.0.